The van der Waals surface area contributed by atoms with Crippen molar-refractivity contribution >= 4 is 11.7 Å². The van der Waals surface area contributed by atoms with Gasteiger partial charge in [0.2, 0.25) is 5.91 Å². The highest BCUT2D eigenvalue weighted by Crippen LogP contribution is 2.21. The lowest BCUT2D eigenvalue weighted by Crippen LogP contribution is -2.40. The quantitative estimate of drug-likeness (QED) is 0.729. The summed E-state index contributed by atoms with van der Waals surface area (Å²) in [4.78, 5) is 23.0. The van der Waals surface area contributed by atoms with Crippen LogP contribution in [0.15, 0.2) is 0 Å². The van der Waals surface area contributed by atoms with Gasteiger partial charge in [0.05, 0.1) is 12.6 Å². The Kier molecular flexibility index (Phi) is 3.36. The number of nitrogens with one attached hydrogen (secondary N) is 1. The minimum absolute atomic E-state index is 0.0403. The maximum Gasteiger partial charge on any atom is 0.223 e. The number of Topliss-reactive ketones (excluding diaryl/α,β-unsaturated/α-hetero) is 1. The van der Waals surface area contributed by atoms with E-state index in [1.54, 1.807) is 0 Å². The molecule has 4 heteroatoms. The van der Waals surface area contributed by atoms with Crippen LogP contribution < -0.4 is 5.32 Å². The topological polar surface area (TPSA) is 55.4 Å². The molecule has 4 nitrogen and oxygen atoms in total. The van der Waals surface area contributed by atoms with Crippen molar-refractivity contribution in [1.82, 2.24) is 5.32 Å². The molecule has 2 aliphatic rings. The summed E-state index contributed by atoms with van der Waals surface area (Å²) < 4.78 is 5.18. The van der Waals surface area contributed by atoms with E-state index in [0.717, 1.165) is 25.9 Å². The van der Waals surface area contributed by atoms with Gasteiger partial charge in [-0.25, -0.2) is 0 Å². The fourth-order valence-corrected chi connectivity index (χ4v) is 2.22. The molecule has 1 amide bonds. The number of ether oxygens (including phenoxy) is 1. The number of ketones is 1. The molecule has 0 bridgehead atoms. The number of hydrogen-bond donors (Lipinski definition) is 1. The number of rotatable bonds is 2. The molecular weight excluding hydrogens is 194 g/mol. The van der Waals surface area contributed by atoms with E-state index in [-0.39, 0.29) is 23.7 Å². The molecule has 1 aliphatic heterocycles. The second-order valence-corrected chi connectivity index (χ2v) is 4.40. The second-order valence-electron chi connectivity index (χ2n) is 4.40. The summed E-state index contributed by atoms with van der Waals surface area (Å²) in [5.41, 5.74) is 0. The van der Waals surface area contributed by atoms with Crippen molar-refractivity contribution in [2.24, 2.45) is 5.92 Å². The van der Waals surface area contributed by atoms with Gasteiger partial charge in [-0.05, 0) is 19.3 Å². The number of hydrogen-bond acceptors (Lipinski definition) is 3. The predicted molar refractivity (Wildman–Crippen MR) is 54.3 cm³/mol. The zero-order valence-corrected chi connectivity index (χ0v) is 8.83. The summed E-state index contributed by atoms with van der Waals surface area (Å²) in [6.07, 6.45) is 3.69. The van der Waals surface area contributed by atoms with E-state index in [4.69, 9.17) is 4.74 Å². The van der Waals surface area contributed by atoms with Gasteiger partial charge in [-0.15, -0.1) is 0 Å². The third-order valence-electron chi connectivity index (χ3n) is 3.13. The molecule has 0 aromatic rings. The van der Waals surface area contributed by atoms with Gasteiger partial charge in [0.25, 0.3) is 0 Å². The molecule has 0 spiro atoms. The molecule has 1 heterocycles. The van der Waals surface area contributed by atoms with E-state index >= 15 is 0 Å². The highest BCUT2D eigenvalue weighted by molar-refractivity contribution is 5.88. The summed E-state index contributed by atoms with van der Waals surface area (Å²) in [5, 5.41) is 2.95. The zero-order valence-electron chi connectivity index (χ0n) is 8.83. The van der Waals surface area contributed by atoms with Gasteiger partial charge >= 0.3 is 0 Å². The largest absolute Gasteiger partial charge is 0.379 e. The summed E-state index contributed by atoms with van der Waals surface area (Å²) >= 11 is 0. The molecule has 0 aromatic heterocycles. The predicted octanol–water partition coefficient (Wildman–Crippen LogP) is 0.651. The summed E-state index contributed by atoms with van der Waals surface area (Å²) in [5.74, 6) is 0.175. The van der Waals surface area contributed by atoms with Gasteiger partial charge in [-0.3, -0.25) is 9.59 Å². The molecule has 1 unspecified atom stereocenters. The summed E-state index contributed by atoms with van der Waals surface area (Å²) in [7, 11) is 0. The fraction of sp³-hybridized carbons (Fsp3) is 0.818. The van der Waals surface area contributed by atoms with Crippen LogP contribution in [-0.2, 0) is 14.3 Å². The maximum absolute atomic E-state index is 11.8. The SMILES string of the molecule is O=C1CCCC(C(=O)N[C@H]2CCOC2)C1. The monoisotopic (exact) mass is 211 g/mol. The van der Waals surface area contributed by atoms with E-state index in [2.05, 4.69) is 5.32 Å². The zero-order chi connectivity index (χ0) is 10.7. The lowest BCUT2D eigenvalue weighted by Gasteiger charge is -2.21. The molecule has 84 valence electrons. The lowest BCUT2D eigenvalue weighted by molar-refractivity contribution is -0.132. The van der Waals surface area contributed by atoms with Crippen molar-refractivity contribution in [3.63, 3.8) is 0 Å². The molecule has 1 saturated carbocycles. The Balaban J connectivity index is 1.81. The Labute approximate surface area is 89.4 Å². The fourth-order valence-electron chi connectivity index (χ4n) is 2.22. The molecule has 15 heavy (non-hydrogen) atoms. The molecule has 2 fully saturated rings. The highest BCUT2D eigenvalue weighted by atomic mass is 16.5. The Bertz CT molecular complexity index is 259. The standard InChI is InChI=1S/C11H17NO3/c13-10-3-1-2-8(6-10)11(14)12-9-4-5-15-7-9/h8-9H,1-7H2,(H,12,14)/t8?,9-/m0/s1. The molecule has 0 radical (unpaired) electrons. The molecule has 2 atom stereocenters. The van der Waals surface area contributed by atoms with E-state index < -0.39 is 0 Å². The van der Waals surface area contributed by atoms with Crippen molar-refractivity contribution in [3.05, 3.63) is 0 Å². The number of carbonyl (C=O) groups is 2. The van der Waals surface area contributed by atoms with E-state index in [0.29, 0.717) is 19.4 Å². The van der Waals surface area contributed by atoms with Crippen molar-refractivity contribution in [1.29, 1.82) is 0 Å². The van der Waals surface area contributed by atoms with Gasteiger partial charge < -0.3 is 10.1 Å². The first-order valence-electron chi connectivity index (χ1n) is 5.65. The van der Waals surface area contributed by atoms with Gasteiger partial charge in [0.15, 0.2) is 0 Å². The molecule has 2 rings (SSSR count). The van der Waals surface area contributed by atoms with Gasteiger partial charge in [-0.1, -0.05) is 0 Å². The van der Waals surface area contributed by atoms with Gasteiger partial charge in [0.1, 0.15) is 5.78 Å². The third-order valence-corrected chi connectivity index (χ3v) is 3.13. The number of amides is 1. The Morgan fingerprint density at radius 3 is 2.93 bits per heavy atom. The van der Waals surface area contributed by atoms with Crippen molar-refractivity contribution in [2.45, 2.75) is 38.1 Å². The van der Waals surface area contributed by atoms with Gasteiger partial charge in [-0.2, -0.15) is 0 Å². The van der Waals surface area contributed by atoms with Crippen molar-refractivity contribution in [2.75, 3.05) is 13.2 Å². The minimum atomic E-state index is -0.0909. The molecule has 1 N–H and O–H groups in total. The van der Waals surface area contributed by atoms with Crippen LogP contribution in [0.2, 0.25) is 0 Å². The first kappa shape index (κ1) is 10.6. The van der Waals surface area contributed by atoms with Gasteiger partial charge in [0, 0.05) is 25.4 Å². The lowest BCUT2D eigenvalue weighted by atomic mass is 9.87. The Morgan fingerprint density at radius 1 is 1.40 bits per heavy atom. The minimum Gasteiger partial charge on any atom is -0.379 e. The Hall–Kier alpha value is -0.900. The van der Waals surface area contributed by atoms with Crippen LogP contribution >= 0.6 is 0 Å². The molecule has 1 saturated heterocycles. The summed E-state index contributed by atoms with van der Waals surface area (Å²) in [6, 6.07) is 0.162. The third kappa shape index (κ3) is 2.78. The molecule has 0 aromatic carbocycles. The van der Waals surface area contributed by atoms with Crippen LogP contribution in [0.1, 0.15) is 32.1 Å². The maximum atomic E-state index is 11.8. The van der Waals surface area contributed by atoms with E-state index in [1.165, 1.54) is 0 Å². The van der Waals surface area contributed by atoms with E-state index in [9.17, 15) is 9.59 Å². The number of carbonyl (C=O) groups excluding carboxylic acids is 2. The molecule has 1 aliphatic carbocycles. The normalized spacial score (nSPS) is 31.6. The van der Waals surface area contributed by atoms with Crippen LogP contribution in [0.3, 0.4) is 0 Å². The van der Waals surface area contributed by atoms with Crippen molar-refractivity contribution < 1.29 is 14.3 Å². The summed E-state index contributed by atoms with van der Waals surface area (Å²) in [6.45, 7) is 1.35. The second kappa shape index (κ2) is 4.75. The Morgan fingerprint density at radius 2 is 2.27 bits per heavy atom. The van der Waals surface area contributed by atoms with Crippen LogP contribution in [0.4, 0.5) is 0 Å². The first-order chi connectivity index (χ1) is 7.25. The smallest absolute Gasteiger partial charge is 0.223 e. The van der Waals surface area contributed by atoms with Crippen LogP contribution in [0, 0.1) is 5.92 Å². The average molecular weight is 211 g/mol. The van der Waals surface area contributed by atoms with E-state index in [1.807, 2.05) is 0 Å². The van der Waals surface area contributed by atoms with Crippen LogP contribution in [0.5, 0.6) is 0 Å². The van der Waals surface area contributed by atoms with Crippen LogP contribution in [-0.4, -0.2) is 30.9 Å². The highest BCUT2D eigenvalue weighted by Gasteiger charge is 2.28. The first-order valence-corrected chi connectivity index (χ1v) is 5.65. The molecular formula is C11H17NO3. The van der Waals surface area contributed by atoms with Crippen molar-refractivity contribution in [3.8, 4) is 0 Å². The van der Waals surface area contributed by atoms with Crippen LogP contribution in [0.25, 0.3) is 0 Å². The average Bonchev–Trinajstić information content (AvgIpc) is 2.70.